The molecule has 0 aliphatic carbocycles. The number of halogens is 1. The van der Waals surface area contributed by atoms with Crippen LogP contribution in [0.3, 0.4) is 0 Å². The highest BCUT2D eigenvalue weighted by Gasteiger charge is 2.36. The molecule has 1 aliphatic rings. The quantitative estimate of drug-likeness (QED) is 0.827. The predicted octanol–water partition coefficient (Wildman–Crippen LogP) is 3.65. The summed E-state index contributed by atoms with van der Waals surface area (Å²) < 4.78 is 0. The fourth-order valence-corrected chi connectivity index (χ4v) is 3.06. The summed E-state index contributed by atoms with van der Waals surface area (Å²) in [7, 11) is 0. The molecule has 2 rings (SSSR count). The first-order chi connectivity index (χ1) is 10.6. The van der Waals surface area contributed by atoms with Gasteiger partial charge in [0.2, 0.25) is 11.8 Å². The van der Waals surface area contributed by atoms with Gasteiger partial charge in [0.25, 0.3) is 0 Å². The number of nitrogens with zero attached hydrogens (tertiary/aromatic N) is 2. The Balaban J connectivity index is 2.19. The lowest BCUT2D eigenvalue weighted by Gasteiger charge is -2.40. The maximum Gasteiger partial charge on any atom is 0.249 e. The van der Waals surface area contributed by atoms with Crippen molar-refractivity contribution in [2.45, 2.75) is 47.1 Å². The van der Waals surface area contributed by atoms with Gasteiger partial charge in [-0.1, -0.05) is 38.4 Å². The van der Waals surface area contributed by atoms with E-state index >= 15 is 0 Å². The number of carbonyl (C=O) groups is 2. The van der Waals surface area contributed by atoms with E-state index in [1.54, 1.807) is 16.7 Å². The van der Waals surface area contributed by atoms with Crippen molar-refractivity contribution >= 4 is 29.1 Å². The highest BCUT2D eigenvalue weighted by atomic mass is 35.5. The molecule has 0 radical (unpaired) electrons. The van der Waals surface area contributed by atoms with Gasteiger partial charge < -0.3 is 9.80 Å². The molecule has 0 N–H and O–H groups in total. The predicted molar refractivity (Wildman–Crippen MR) is 93.8 cm³/mol. The summed E-state index contributed by atoms with van der Waals surface area (Å²) in [5, 5.41) is 0.647. The summed E-state index contributed by atoms with van der Waals surface area (Å²) in [4.78, 5) is 28.7. The third kappa shape index (κ3) is 3.86. The van der Waals surface area contributed by atoms with Gasteiger partial charge in [-0.25, -0.2) is 0 Å². The van der Waals surface area contributed by atoms with Gasteiger partial charge in [0.05, 0.1) is 0 Å². The summed E-state index contributed by atoms with van der Waals surface area (Å²) in [5.41, 5.74) is 1.64. The number of rotatable bonds is 2. The minimum absolute atomic E-state index is 0.0424. The molecular weight excluding hydrogens is 312 g/mol. The van der Waals surface area contributed by atoms with Crippen molar-refractivity contribution in [3.63, 3.8) is 0 Å². The fourth-order valence-electron chi connectivity index (χ4n) is 2.89. The highest BCUT2D eigenvalue weighted by Crippen LogP contribution is 2.29. The summed E-state index contributed by atoms with van der Waals surface area (Å²) in [6.45, 7) is 10.9. The molecule has 1 aromatic rings. The lowest BCUT2D eigenvalue weighted by Crippen LogP contribution is -2.58. The zero-order valence-corrected chi connectivity index (χ0v) is 15.3. The van der Waals surface area contributed by atoms with Crippen molar-refractivity contribution in [3.05, 3.63) is 28.8 Å². The van der Waals surface area contributed by atoms with E-state index in [0.29, 0.717) is 24.5 Å². The van der Waals surface area contributed by atoms with E-state index < -0.39 is 6.04 Å². The van der Waals surface area contributed by atoms with Gasteiger partial charge in [-0.3, -0.25) is 9.59 Å². The first-order valence-corrected chi connectivity index (χ1v) is 8.35. The number of anilines is 1. The standard InChI is InChI=1S/C18H25ClN2O2/c1-12-14(19)7-6-8-15(12)21-10-9-20(13(2)17(21)23)16(22)11-18(3,4)5/h6-8,13H,9-11H2,1-5H3. The summed E-state index contributed by atoms with van der Waals surface area (Å²) in [5.74, 6) is -0.00954. The van der Waals surface area contributed by atoms with Crippen LogP contribution in [-0.4, -0.2) is 35.8 Å². The number of carbonyl (C=O) groups excluding carboxylic acids is 2. The normalized spacial score (nSPS) is 19.2. The summed E-state index contributed by atoms with van der Waals surface area (Å²) in [6, 6.07) is 5.12. The molecule has 2 amide bonds. The average Bonchev–Trinajstić information content (AvgIpc) is 2.43. The van der Waals surface area contributed by atoms with Gasteiger partial charge in [0.1, 0.15) is 6.04 Å². The van der Waals surface area contributed by atoms with Gasteiger partial charge in [-0.05, 0) is 37.0 Å². The Hall–Kier alpha value is -1.55. The Kier molecular flexibility index (Phi) is 5.04. The van der Waals surface area contributed by atoms with E-state index in [1.165, 1.54) is 0 Å². The van der Waals surface area contributed by atoms with Crippen LogP contribution in [0.4, 0.5) is 5.69 Å². The van der Waals surface area contributed by atoms with Crippen molar-refractivity contribution in [2.24, 2.45) is 5.41 Å². The molecule has 1 unspecified atom stereocenters. The van der Waals surface area contributed by atoms with Crippen LogP contribution < -0.4 is 4.90 Å². The molecule has 0 bridgehead atoms. The minimum Gasteiger partial charge on any atom is -0.329 e. The van der Waals surface area contributed by atoms with E-state index in [9.17, 15) is 9.59 Å². The van der Waals surface area contributed by atoms with Gasteiger partial charge in [0, 0.05) is 30.2 Å². The SMILES string of the molecule is Cc1c(Cl)cccc1N1CCN(C(=O)CC(C)(C)C)C(C)C1=O. The van der Waals surface area contributed by atoms with Crippen LogP contribution in [0.1, 0.15) is 39.7 Å². The Labute approximate surface area is 143 Å². The van der Waals surface area contributed by atoms with E-state index in [2.05, 4.69) is 0 Å². The molecule has 1 atom stereocenters. The molecule has 1 saturated heterocycles. The van der Waals surface area contributed by atoms with E-state index in [0.717, 1.165) is 11.3 Å². The molecule has 4 nitrogen and oxygen atoms in total. The lowest BCUT2D eigenvalue weighted by molar-refractivity contribution is -0.142. The van der Waals surface area contributed by atoms with Crippen LogP contribution in [0.5, 0.6) is 0 Å². The number of hydrogen-bond donors (Lipinski definition) is 0. The Morgan fingerprint density at radius 3 is 2.57 bits per heavy atom. The largest absolute Gasteiger partial charge is 0.329 e. The van der Waals surface area contributed by atoms with Crippen LogP contribution in [0.15, 0.2) is 18.2 Å². The Bertz CT molecular complexity index is 622. The monoisotopic (exact) mass is 336 g/mol. The second-order valence-corrected chi connectivity index (χ2v) is 7.78. The maximum absolute atomic E-state index is 12.8. The van der Waals surface area contributed by atoms with E-state index in [4.69, 9.17) is 11.6 Å². The van der Waals surface area contributed by atoms with Crippen molar-refractivity contribution in [1.82, 2.24) is 4.90 Å². The first-order valence-electron chi connectivity index (χ1n) is 7.98. The summed E-state index contributed by atoms with van der Waals surface area (Å²) in [6.07, 6.45) is 0.445. The molecule has 1 aliphatic heterocycles. The van der Waals surface area contributed by atoms with Crippen molar-refractivity contribution < 1.29 is 9.59 Å². The van der Waals surface area contributed by atoms with Crippen LogP contribution in [0, 0.1) is 12.3 Å². The topological polar surface area (TPSA) is 40.6 Å². The second kappa shape index (κ2) is 6.52. The van der Waals surface area contributed by atoms with Gasteiger partial charge >= 0.3 is 0 Å². The molecule has 1 heterocycles. The smallest absolute Gasteiger partial charge is 0.249 e. The van der Waals surface area contributed by atoms with Crippen molar-refractivity contribution in [2.75, 3.05) is 18.0 Å². The number of hydrogen-bond acceptors (Lipinski definition) is 2. The third-order valence-corrected chi connectivity index (χ3v) is 4.60. The second-order valence-electron chi connectivity index (χ2n) is 7.37. The molecule has 1 aromatic carbocycles. The van der Waals surface area contributed by atoms with Gasteiger partial charge in [0.15, 0.2) is 0 Å². The van der Waals surface area contributed by atoms with Crippen LogP contribution >= 0.6 is 11.6 Å². The number of piperazine rings is 1. The molecular formula is C18H25ClN2O2. The fraction of sp³-hybridized carbons (Fsp3) is 0.556. The van der Waals surface area contributed by atoms with Crippen LogP contribution in [0.25, 0.3) is 0 Å². The molecule has 0 spiro atoms. The summed E-state index contributed by atoms with van der Waals surface area (Å²) >= 11 is 6.17. The van der Waals surface area contributed by atoms with Crippen molar-refractivity contribution in [3.8, 4) is 0 Å². The average molecular weight is 337 g/mol. The highest BCUT2D eigenvalue weighted by molar-refractivity contribution is 6.31. The molecule has 126 valence electrons. The molecule has 23 heavy (non-hydrogen) atoms. The zero-order valence-electron chi connectivity index (χ0n) is 14.5. The van der Waals surface area contributed by atoms with Gasteiger partial charge in [-0.15, -0.1) is 0 Å². The van der Waals surface area contributed by atoms with Crippen LogP contribution in [-0.2, 0) is 9.59 Å². The minimum atomic E-state index is -0.447. The van der Waals surface area contributed by atoms with Gasteiger partial charge in [-0.2, -0.15) is 0 Å². The van der Waals surface area contributed by atoms with E-state index in [1.807, 2.05) is 45.9 Å². The molecule has 1 fully saturated rings. The number of amides is 2. The lowest BCUT2D eigenvalue weighted by atomic mass is 9.91. The Morgan fingerprint density at radius 1 is 1.30 bits per heavy atom. The maximum atomic E-state index is 12.8. The molecule has 5 heteroatoms. The van der Waals surface area contributed by atoms with Crippen LogP contribution in [0.2, 0.25) is 5.02 Å². The van der Waals surface area contributed by atoms with E-state index in [-0.39, 0.29) is 17.2 Å². The Morgan fingerprint density at radius 2 is 1.96 bits per heavy atom. The molecule has 0 aromatic heterocycles. The third-order valence-electron chi connectivity index (χ3n) is 4.19. The van der Waals surface area contributed by atoms with Crippen molar-refractivity contribution in [1.29, 1.82) is 0 Å². The number of benzene rings is 1. The first kappa shape index (κ1) is 17.8. The molecule has 0 saturated carbocycles. The zero-order chi connectivity index (χ0) is 17.4.